The maximum Gasteiger partial charge on any atom is 0.337 e. The fourth-order valence-electron chi connectivity index (χ4n) is 3.72. The van der Waals surface area contributed by atoms with Gasteiger partial charge in [-0.1, -0.05) is 30.7 Å². The minimum atomic E-state index is -0.383. The fraction of sp³-hybridized carbons (Fsp3) is 0.391. The minimum absolute atomic E-state index is 0.00337. The second kappa shape index (κ2) is 9.65. The van der Waals surface area contributed by atoms with Gasteiger partial charge in [0.25, 0.3) is 0 Å². The van der Waals surface area contributed by atoms with E-state index in [0.717, 1.165) is 36.9 Å². The molecule has 2 atom stereocenters. The van der Waals surface area contributed by atoms with Gasteiger partial charge in [0.05, 0.1) is 24.8 Å². The van der Waals surface area contributed by atoms with Gasteiger partial charge in [0.1, 0.15) is 5.82 Å². The fourth-order valence-corrected chi connectivity index (χ4v) is 3.72. The maximum atomic E-state index is 13.2. The number of hydrogen-bond donors (Lipinski definition) is 1. The van der Waals surface area contributed by atoms with Gasteiger partial charge in [0, 0.05) is 6.54 Å². The van der Waals surface area contributed by atoms with Gasteiger partial charge in [-0.05, 0) is 61.7 Å². The lowest BCUT2D eigenvalue weighted by atomic mass is 9.99. The van der Waals surface area contributed by atoms with E-state index >= 15 is 0 Å². The van der Waals surface area contributed by atoms with Crippen LogP contribution in [-0.4, -0.2) is 36.5 Å². The number of esters is 1. The number of amides is 1. The molecule has 154 valence electrons. The molecule has 0 radical (unpaired) electrons. The van der Waals surface area contributed by atoms with Crippen LogP contribution in [0.5, 0.6) is 0 Å². The first-order valence-electron chi connectivity index (χ1n) is 9.95. The zero-order valence-corrected chi connectivity index (χ0v) is 16.9. The van der Waals surface area contributed by atoms with Crippen LogP contribution in [0, 0.1) is 5.82 Å². The molecule has 1 N–H and O–H groups in total. The smallest absolute Gasteiger partial charge is 0.337 e. The third-order valence-electron chi connectivity index (χ3n) is 5.41. The third kappa shape index (κ3) is 5.41. The lowest BCUT2D eigenvalue weighted by Crippen LogP contribution is -2.49. The predicted molar refractivity (Wildman–Crippen MR) is 109 cm³/mol. The molecule has 0 aromatic heterocycles. The molecule has 1 aliphatic rings. The van der Waals surface area contributed by atoms with Gasteiger partial charge in [0.2, 0.25) is 5.91 Å². The van der Waals surface area contributed by atoms with Crippen molar-refractivity contribution in [1.82, 2.24) is 10.2 Å². The summed E-state index contributed by atoms with van der Waals surface area (Å²) in [5.41, 5.74) is 2.40. The topological polar surface area (TPSA) is 58.6 Å². The van der Waals surface area contributed by atoms with Crippen LogP contribution in [0.1, 0.15) is 53.7 Å². The number of nitrogens with one attached hydrogen (secondary N) is 1. The Hall–Kier alpha value is -2.73. The average Bonchev–Trinajstić information content (AvgIpc) is 2.75. The summed E-state index contributed by atoms with van der Waals surface area (Å²) in [6.45, 7) is 3.40. The number of rotatable bonds is 6. The van der Waals surface area contributed by atoms with Gasteiger partial charge in [-0.3, -0.25) is 9.69 Å². The summed E-state index contributed by atoms with van der Waals surface area (Å²) in [6.07, 6.45) is 2.87. The number of piperidine rings is 1. The molecule has 29 heavy (non-hydrogen) atoms. The van der Waals surface area contributed by atoms with Crippen molar-refractivity contribution in [2.45, 2.75) is 44.8 Å². The van der Waals surface area contributed by atoms with Crippen LogP contribution in [0.3, 0.4) is 0 Å². The van der Waals surface area contributed by atoms with Gasteiger partial charge in [-0.15, -0.1) is 0 Å². The Kier molecular flexibility index (Phi) is 6.99. The first-order valence-corrected chi connectivity index (χ1v) is 9.95. The molecule has 1 aliphatic heterocycles. The Bertz CT molecular complexity index is 836. The number of carbonyl (C=O) groups is 2. The summed E-state index contributed by atoms with van der Waals surface area (Å²) in [6, 6.07) is 13.1. The molecule has 0 saturated carbocycles. The SMILES string of the molecule is COC(=O)c1ccc([C@H](C)NC(=O)[C@H]2CCCCN2Cc2ccc(F)cc2)cc1. The molecule has 2 aromatic carbocycles. The Balaban J connectivity index is 1.64. The lowest BCUT2D eigenvalue weighted by Gasteiger charge is -2.35. The second-order valence-electron chi connectivity index (χ2n) is 7.45. The van der Waals surface area contributed by atoms with Gasteiger partial charge >= 0.3 is 5.97 Å². The summed E-state index contributed by atoms with van der Waals surface area (Å²) >= 11 is 0. The monoisotopic (exact) mass is 398 g/mol. The Labute approximate surface area is 170 Å². The van der Waals surface area contributed by atoms with E-state index in [1.807, 2.05) is 19.1 Å². The minimum Gasteiger partial charge on any atom is -0.465 e. The number of halogens is 1. The van der Waals surface area contributed by atoms with E-state index in [-0.39, 0.29) is 29.8 Å². The van der Waals surface area contributed by atoms with Crippen molar-refractivity contribution in [3.8, 4) is 0 Å². The predicted octanol–water partition coefficient (Wildman–Crippen LogP) is 3.84. The van der Waals surface area contributed by atoms with Crippen LogP contribution in [-0.2, 0) is 16.1 Å². The van der Waals surface area contributed by atoms with Crippen LogP contribution in [0.15, 0.2) is 48.5 Å². The van der Waals surface area contributed by atoms with E-state index in [9.17, 15) is 14.0 Å². The summed E-state index contributed by atoms with van der Waals surface area (Å²) in [7, 11) is 1.35. The normalized spacial score (nSPS) is 18.1. The van der Waals surface area contributed by atoms with E-state index < -0.39 is 0 Å². The number of ether oxygens (including phenoxy) is 1. The first kappa shape index (κ1) is 21.0. The van der Waals surface area contributed by atoms with Gasteiger partial charge < -0.3 is 10.1 Å². The van der Waals surface area contributed by atoms with Crippen molar-refractivity contribution in [2.24, 2.45) is 0 Å². The third-order valence-corrected chi connectivity index (χ3v) is 5.41. The molecular formula is C23H27FN2O3. The molecule has 0 aliphatic carbocycles. The summed E-state index contributed by atoms with van der Waals surface area (Å²) in [4.78, 5) is 26.7. The molecule has 5 nitrogen and oxygen atoms in total. The highest BCUT2D eigenvalue weighted by molar-refractivity contribution is 5.89. The molecule has 6 heteroatoms. The standard InChI is InChI=1S/C23H27FN2O3/c1-16(18-8-10-19(11-9-18)23(28)29-2)25-22(27)21-5-3-4-14-26(21)15-17-6-12-20(24)13-7-17/h6-13,16,21H,3-5,14-15H2,1-2H3,(H,25,27)/t16-,21+/m0/s1. The number of nitrogens with zero attached hydrogens (tertiary/aromatic N) is 1. The molecule has 1 fully saturated rings. The van der Waals surface area contributed by atoms with Crippen molar-refractivity contribution in [3.05, 3.63) is 71.0 Å². The highest BCUT2D eigenvalue weighted by Gasteiger charge is 2.29. The second-order valence-corrected chi connectivity index (χ2v) is 7.45. The molecule has 0 unspecified atom stereocenters. The van der Waals surface area contributed by atoms with Gasteiger partial charge in [-0.25, -0.2) is 9.18 Å². The van der Waals surface area contributed by atoms with Crippen molar-refractivity contribution in [3.63, 3.8) is 0 Å². The summed E-state index contributed by atoms with van der Waals surface area (Å²) < 4.78 is 17.9. The van der Waals surface area contributed by atoms with E-state index in [1.54, 1.807) is 24.3 Å². The van der Waals surface area contributed by atoms with Crippen LogP contribution >= 0.6 is 0 Å². The van der Waals surface area contributed by atoms with Gasteiger partial charge in [-0.2, -0.15) is 0 Å². The Morgan fingerprint density at radius 1 is 1.14 bits per heavy atom. The molecule has 1 amide bonds. The van der Waals surface area contributed by atoms with Crippen LogP contribution in [0.25, 0.3) is 0 Å². The number of likely N-dealkylation sites (tertiary alicyclic amines) is 1. The summed E-state index contributed by atoms with van der Waals surface area (Å²) in [5, 5.41) is 3.10. The number of carbonyl (C=O) groups excluding carboxylic acids is 2. The zero-order chi connectivity index (χ0) is 20.8. The van der Waals surface area contributed by atoms with Crippen molar-refractivity contribution >= 4 is 11.9 Å². The van der Waals surface area contributed by atoms with Crippen molar-refractivity contribution in [1.29, 1.82) is 0 Å². The van der Waals surface area contributed by atoms with E-state index in [4.69, 9.17) is 4.74 Å². The maximum absolute atomic E-state index is 13.2. The molecule has 2 aromatic rings. The molecule has 1 heterocycles. The van der Waals surface area contributed by atoms with E-state index in [0.29, 0.717) is 12.1 Å². The highest BCUT2D eigenvalue weighted by Crippen LogP contribution is 2.22. The Morgan fingerprint density at radius 2 is 1.83 bits per heavy atom. The average molecular weight is 398 g/mol. The molecule has 0 spiro atoms. The summed E-state index contributed by atoms with van der Waals surface area (Å²) in [5.74, 6) is -0.642. The van der Waals surface area contributed by atoms with Crippen molar-refractivity contribution < 1.29 is 18.7 Å². The quantitative estimate of drug-likeness (QED) is 0.751. The van der Waals surface area contributed by atoms with Crippen LogP contribution in [0.2, 0.25) is 0 Å². The number of methoxy groups -OCH3 is 1. The molecule has 3 rings (SSSR count). The molecule has 1 saturated heterocycles. The van der Waals surface area contributed by atoms with Crippen molar-refractivity contribution in [2.75, 3.05) is 13.7 Å². The lowest BCUT2D eigenvalue weighted by molar-refractivity contribution is -0.128. The largest absolute Gasteiger partial charge is 0.465 e. The van der Waals surface area contributed by atoms with E-state index in [1.165, 1.54) is 19.2 Å². The highest BCUT2D eigenvalue weighted by atomic mass is 19.1. The zero-order valence-electron chi connectivity index (χ0n) is 16.9. The Morgan fingerprint density at radius 3 is 2.48 bits per heavy atom. The van der Waals surface area contributed by atoms with E-state index in [2.05, 4.69) is 10.2 Å². The first-order chi connectivity index (χ1) is 14.0. The molecule has 0 bridgehead atoms. The number of benzene rings is 2. The van der Waals surface area contributed by atoms with Gasteiger partial charge in [0.15, 0.2) is 0 Å². The molecular weight excluding hydrogens is 371 g/mol. The van der Waals surface area contributed by atoms with Crippen LogP contribution in [0.4, 0.5) is 4.39 Å². The number of hydrogen-bond acceptors (Lipinski definition) is 4. The van der Waals surface area contributed by atoms with Crippen LogP contribution < -0.4 is 5.32 Å².